The van der Waals surface area contributed by atoms with Crippen LogP contribution in [-0.4, -0.2) is 65.0 Å². The molecule has 0 amide bonds. The van der Waals surface area contributed by atoms with Crippen LogP contribution in [0.4, 0.5) is 0 Å². The molecule has 32 heavy (non-hydrogen) atoms. The van der Waals surface area contributed by atoms with Gasteiger partial charge < -0.3 is 24.8 Å². The molecule has 0 radical (unpaired) electrons. The van der Waals surface area contributed by atoms with Gasteiger partial charge in [0.2, 0.25) is 0 Å². The summed E-state index contributed by atoms with van der Waals surface area (Å²) in [4.78, 5) is 6.87. The summed E-state index contributed by atoms with van der Waals surface area (Å²) in [5, 5.41) is 7.00. The Kier molecular flexibility index (Phi) is 11.1. The van der Waals surface area contributed by atoms with E-state index in [1.54, 1.807) is 21.3 Å². The Labute approximate surface area is 208 Å². The Hall–Kier alpha value is -2.04. The van der Waals surface area contributed by atoms with Gasteiger partial charge in [-0.3, -0.25) is 9.89 Å². The van der Waals surface area contributed by atoms with Gasteiger partial charge in [0, 0.05) is 26.7 Å². The minimum Gasteiger partial charge on any atom is -0.493 e. The highest BCUT2D eigenvalue weighted by Gasteiger charge is 2.24. The molecule has 0 aromatic heterocycles. The van der Waals surface area contributed by atoms with Gasteiger partial charge in [0.25, 0.3) is 0 Å². The lowest BCUT2D eigenvalue weighted by atomic mass is 10.0. The van der Waals surface area contributed by atoms with Crippen LogP contribution in [-0.2, 0) is 4.74 Å². The summed E-state index contributed by atoms with van der Waals surface area (Å²) < 4.78 is 16.5. The smallest absolute Gasteiger partial charge is 0.191 e. The van der Waals surface area contributed by atoms with Crippen LogP contribution in [0.3, 0.4) is 0 Å². The lowest BCUT2D eigenvalue weighted by molar-refractivity contribution is 0.0169. The number of morpholine rings is 1. The number of halogens is 1. The van der Waals surface area contributed by atoms with E-state index in [0.29, 0.717) is 6.54 Å². The van der Waals surface area contributed by atoms with Gasteiger partial charge in [-0.25, -0.2) is 0 Å². The Morgan fingerprint density at radius 2 is 1.72 bits per heavy atom. The van der Waals surface area contributed by atoms with Crippen molar-refractivity contribution in [2.75, 3.05) is 54.1 Å². The molecule has 3 rings (SSSR count). The third-order valence-electron chi connectivity index (χ3n) is 5.62. The second kappa shape index (κ2) is 13.5. The van der Waals surface area contributed by atoms with Crippen LogP contribution >= 0.6 is 24.0 Å². The van der Waals surface area contributed by atoms with Crippen molar-refractivity contribution in [3.8, 4) is 11.5 Å². The predicted molar refractivity (Wildman–Crippen MR) is 139 cm³/mol. The Balaban J connectivity index is 0.00000363. The minimum atomic E-state index is 0. The molecule has 0 spiro atoms. The maximum atomic E-state index is 5.57. The molecule has 0 bridgehead atoms. The lowest BCUT2D eigenvalue weighted by Gasteiger charge is -2.35. The van der Waals surface area contributed by atoms with E-state index in [2.05, 4.69) is 63.8 Å². The highest BCUT2D eigenvalue weighted by molar-refractivity contribution is 14.0. The van der Waals surface area contributed by atoms with E-state index in [1.165, 1.54) is 11.1 Å². The fourth-order valence-corrected chi connectivity index (χ4v) is 3.83. The predicted octanol–water partition coefficient (Wildman–Crippen LogP) is 3.62. The molecule has 1 saturated heterocycles. The van der Waals surface area contributed by atoms with Gasteiger partial charge in [-0.05, 0) is 30.2 Å². The van der Waals surface area contributed by atoms with Crippen molar-refractivity contribution in [3.05, 3.63) is 59.7 Å². The van der Waals surface area contributed by atoms with Gasteiger partial charge in [-0.15, -0.1) is 24.0 Å². The van der Waals surface area contributed by atoms with Crippen molar-refractivity contribution in [2.45, 2.75) is 19.0 Å². The maximum Gasteiger partial charge on any atom is 0.191 e. The van der Waals surface area contributed by atoms with Gasteiger partial charge in [-0.2, -0.15) is 0 Å². The second-order valence-corrected chi connectivity index (χ2v) is 7.51. The van der Waals surface area contributed by atoms with Crippen LogP contribution in [0.2, 0.25) is 0 Å². The van der Waals surface area contributed by atoms with E-state index in [9.17, 15) is 0 Å². The monoisotopic (exact) mass is 554 g/mol. The van der Waals surface area contributed by atoms with Gasteiger partial charge in [0.05, 0.1) is 39.5 Å². The summed E-state index contributed by atoms with van der Waals surface area (Å²) in [6, 6.07) is 16.8. The highest BCUT2D eigenvalue weighted by Crippen LogP contribution is 2.32. The molecule has 8 heteroatoms. The van der Waals surface area contributed by atoms with Crippen LogP contribution in [0.25, 0.3) is 0 Å². The summed E-state index contributed by atoms with van der Waals surface area (Å²) in [5.41, 5.74) is 2.38. The first-order chi connectivity index (χ1) is 15.2. The van der Waals surface area contributed by atoms with E-state index in [1.807, 2.05) is 12.1 Å². The van der Waals surface area contributed by atoms with Gasteiger partial charge in [0.1, 0.15) is 0 Å². The molecule has 2 aromatic rings. The van der Waals surface area contributed by atoms with E-state index in [-0.39, 0.29) is 36.1 Å². The number of hydrogen-bond acceptors (Lipinski definition) is 5. The minimum absolute atomic E-state index is 0. The van der Waals surface area contributed by atoms with Crippen molar-refractivity contribution in [3.63, 3.8) is 0 Å². The van der Waals surface area contributed by atoms with Crippen molar-refractivity contribution >= 4 is 29.9 Å². The quantitative estimate of drug-likeness (QED) is 0.295. The molecule has 2 N–H and O–H groups in total. The van der Waals surface area contributed by atoms with E-state index < -0.39 is 0 Å². The van der Waals surface area contributed by atoms with E-state index >= 15 is 0 Å². The summed E-state index contributed by atoms with van der Waals surface area (Å²) in [6.45, 7) is 6.08. The van der Waals surface area contributed by atoms with Crippen LogP contribution in [0.15, 0.2) is 53.5 Å². The summed E-state index contributed by atoms with van der Waals surface area (Å²) in [7, 11) is 5.12. The number of nitrogens with one attached hydrogen (secondary N) is 2. The maximum absolute atomic E-state index is 5.57. The molecule has 2 atom stereocenters. The first-order valence-corrected chi connectivity index (χ1v) is 10.7. The van der Waals surface area contributed by atoms with Crippen molar-refractivity contribution < 1.29 is 14.2 Å². The van der Waals surface area contributed by atoms with Crippen LogP contribution < -0.4 is 20.1 Å². The number of methoxy groups -OCH3 is 2. The van der Waals surface area contributed by atoms with Crippen molar-refractivity contribution in [1.82, 2.24) is 15.5 Å². The molecule has 2 unspecified atom stereocenters. The molecule has 2 aromatic carbocycles. The number of rotatable bonds is 8. The molecule has 1 fully saturated rings. The van der Waals surface area contributed by atoms with Gasteiger partial charge >= 0.3 is 0 Å². The molecule has 1 aliphatic heterocycles. The number of nitrogens with zero attached hydrogens (tertiary/aromatic N) is 2. The van der Waals surface area contributed by atoms with E-state index in [4.69, 9.17) is 14.2 Å². The molecule has 0 aliphatic carbocycles. The zero-order chi connectivity index (χ0) is 22.1. The normalized spacial score (nSPS) is 16.4. The van der Waals surface area contributed by atoms with Crippen molar-refractivity contribution in [1.29, 1.82) is 0 Å². The summed E-state index contributed by atoms with van der Waals surface area (Å²) >= 11 is 0. The molecule has 1 heterocycles. The average Bonchev–Trinajstić information content (AvgIpc) is 2.84. The Bertz CT molecular complexity index is 844. The van der Waals surface area contributed by atoms with Crippen molar-refractivity contribution in [2.24, 2.45) is 4.99 Å². The molecular weight excluding hydrogens is 519 g/mol. The molecular formula is C24H35IN4O3. The van der Waals surface area contributed by atoms with Crippen LogP contribution in [0.5, 0.6) is 11.5 Å². The number of guanidine groups is 1. The van der Waals surface area contributed by atoms with Crippen LogP contribution in [0, 0.1) is 0 Å². The molecule has 1 aliphatic rings. The van der Waals surface area contributed by atoms with Gasteiger partial charge in [-0.1, -0.05) is 36.4 Å². The lowest BCUT2D eigenvalue weighted by Crippen LogP contribution is -2.46. The topological polar surface area (TPSA) is 67.4 Å². The summed E-state index contributed by atoms with van der Waals surface area (Å²) in [5.74, 6) is 2.24. The molecule has 176 valence electrons. The number of benzene rings is 2. The average molecular weight is 554 g/mol. The zero-order valence-corrected chi connectivity index (χ0v) is 21.7. The third-order valence-corrected chi connectivity index (χ3v) is 5.62. The Morgan fingerprint density at radius 3 is 2.34 bits per heavy atom. The zero-order valence-electron chi connectivity index (χ0n) is 19.3. The second-order valence-electron chi connectivity index (χ2n) is 7.51. The summed E-state index contributed by atoms with van der Waals surface area (Å²) in [6.07, 6.45) is 0. The van der Waals surface area contributed by atoms with Crippen LogP contribution in [0.1, 0.15) is 30.1 Å². The highest BCUT2D eigenvalue weighted by atomic mass is 127. The van der Waals surface area contributed by atoms with E-state index in [0.717, 1.165) is 43.8 Å². The number of ether oxygens (including phenoxy) is 3. The number of hydrogen-bond donors (Lipinski definition) is 2. The molecule has 7 nitrogen and oxygen atoms in total. The fraction of sp³-hybridized carbons (Fsp3) is 0.458. The third kappa shape index (κ3) is 6.98. The number of aliphatic imine (C=N–C) groups is 1. The Morgan fingerprint density at radius 1 is 1.03 bits per heavy atom. The molecule has 0 saturated carbocycles. The first kappa shape index (κ1) is 26.2. The first-order valence-electron chi connectivity index (χ1n) is 10.7. The largest absolute Gasteiger partial charge is 0.493 e. The standard InChI is InChI=1S/C24H34N4O3.HI/c1-18(19-8-6-5-7-9-19)27-24(25-2)26-17-21(28-12-14-31-15-13-28)20-10-11-22(29-3)23(16-20)30-4;/h5-11,16,18,21H,12-15,17H2,1-4H3,(H2,25,26,27);1H. The fourth-order valence-electron chi connectivity index (χ4n) is 3.83. The van der Waals surface area contributed by atoms with Gasteiger partial charge in [0.15, 0.2) is 17.5 Å². The SMILES string of the molecule is CN=C(NCC(c1ccc(OC)c(OC)c1)N1CCOCC1)NC(C)c1ccccc1.I.